The van der Waals surface area contributed by atoms with Gasteiger partial charge in [0.2, 0.25) is 0 Å². The van der Waals surface area contributed by atoms with Crippen LogP contribution in [0.1, 0.15) is 0 Å². The Morgan fingerprint density at radius 2 is 1.56 bits per heavy atom. The van der Waals surface area contributed by atoms with E-state index in [9.17, 15) is 0 Å². The van der Waals surface area contributed by atoms with Gasteiger partial charge in [-0.05, 0) is 47.9 Å². The second-order valence-electron chi connectivity index (χ2n) is 8.26. The van der Waals surface area contributed by atoms with Gasteiger partial charge in [0.25, 0.3) is 0 Å². The lowest BCUT2D eigenvalue weighted by atomic mass is 10.0. The molecule has 0 amide bonds. The van der Waals surface area contributed by atoms with Gasteiger partial charge in [0.15, 0.2) is 11.3 Å². The van der Waals surface area contributed by atoms with E-state index in [0.717, 1.165) is 60.6 Å². The summed E-state index contributed by atoms with van der Waals surface area (Å²) >= 11 is 0. The lowest BCUT2D eigenvalue weighted by Gasteiger charge is -2.11. The van der Waals surface area contributed by atoms with E-state index in [2.05, 4.69) is 34.2 Å². The van der Waals surface area contributed by atoms with Crippen LogP contribution in [0.2, 0.25) is 0 Å². The molecule has 0 aliphatic rings. The number of rotatable bonds is 3. The molecule has 3 aromatic heterocycles. The van der Waals surface area contributed by atoms with Crippen LogP contribution in [-0.2, 0) is 0 Å². The highest BCUT2D eigenvalue weighted by atomic mass is 16.5. The molecular weight excluding hydrogens is 420 g/mol. The van der Waals surface area contributed by atoms with Crippen molar-refractivity contribution >= 4 is 43.6 Å². The molecule has 34 heavy (non-hydrogen) atoms. The van der Waals surface area contributed by atoms with Gasteiger partial charge in [0.05, 0.1) is 11.2 Å². The van der Waals surface area contributed by atoms with Crippen LogP contribution >= 0.6 is 0 Å². The van der Waals surface area contributed by atoms with Gasteiger partial charge in [-0.2, -0.15) is 0 Å². The molecule has 0 saturated heterocycles. The fourth-order valence-electron chi connectivity index (χ4n) is 4.67. The molecule has 0 radical (unpaired) electrons. The normalized spacial score (nSPS) is 11.5. The Morgan fingerprint density at radius 1 is 0.647 bits per heavy atom. The summed E-state index contributed by atoms with van der Waals surface area (Å²) in [6.07, 6.45) is 3.62. The smallest absolute Gasteiger partial charge is 0.178 e. The quantitative estimate of drug-likeness (QED) is 0.261. The molecule has 0 fully saturated rings. The van der Waals surface area contributed by atoms with Gasteiger partial charge < -0.3 is 9.15 Å². The Balaban J connectivity index is 1.49. The van der Waals surface area contributed by atoms with E-state index in [0.29, 0.717) is 5.75 Å². The van der Waals surface area contributed by atoms with Crippen molar-refractivity contribution in [2.45, 2.75) is 0 Å². The number of nitrogens with zero attached hydrogens (tertiary/aromatic N) is 2. The number of hydrogen-bond donors (Lipinski definition) is 0. The molecule has 0 bridgehead atoms. The Hall–Kier alpha value is -4.70. The summed E-state index contributed by atoms with van der Waals surface area (Å²) in [6.45, 7) is 0. The summed E-state index contributed by atoms with van der Waals surface area (Å²) in [5.41, 5.74) is 4.40. The molecule has 0 aliphatic carbocycles. The predicted molar refractivity (Wildman–Crippen MR) is 136 cm³/mol. The Labute approximate surface area is 195 Å². The largest absolute Gasteiger partial charge is 0.453 e. The first-order chi connectivity index (χ1) is 16.8. The number of aromatic nitrogens is 2. The van der Waals surface area contributed by atoms with Crippen molar-refractivity contribution in [1.29, 1.82) is 0 Å². The number of para-hydroxylation sites is 1. The molecule has 0 aliphatic heterocycles. The fraction of sp³-hybridized carbons (Fsp3) is 0. The summed E-state index contributed by atoms with van der Waals surface area (Å²) in [7, 11) is 0. The van der Waals surface area contributed by atoms with E-state index in [1.54, 1.807) is 6.20 Å². The van der Waals surface area contributed by atoms with Crippen molar-refractivity contribution < 1.29 is 9.15 Å². The van der Waals surface area contributed by atoms with Gasteiger partial charge in [-0.3, -0.25) is 9.97 Å². The van der Waals surface area contributed by atoms with Crippen molar-refractivity contribution in [3.63, 3.8) is 0 Å². The summed E-state index contributed by atoms with van der Waals surface area (Å²) in [4.78, 5) is 9.16. The molecule has 0 spiro atoms. The maximum Gasteiger partial charge on any atom is 0.178 e. The number of hydrogen-bond acceptors (Lipinski definition) is 4. The van der Waals surface area contributed by atoms with Crippen molar-refractivity contribution in [3.05, 3.63) is 109 Å². The first-order valence-corrected chi connectivity index (χ1v) is 11.2. The third kappa shape index (κ3) is 2.93. The monoisotopic (exact) mass is 438 g/mol. The highest BCUT2D eigenvalue weighted by molar-refractivity contribution is 6.24. The number of fused-ring (bicyclic) bond motifs is 7. The number of benzene rings is 4. The van der Waals surface area contributed by atoms with Crippen molar-refractivity contribution in [3.8, 4) is 22.8 Å². The second kappa shape index (κ2) is 7.42. The lowest BCUT2D eigenvalue weighted by Crippen LogP contribution is -1.89. The van der Waals surface area contributed by atoms with E-state index >= 15 is 0 Å². The van der Waals surface area contributed by atoms with Crippen LogP contribution in [0.5, 0.6) is 11.5 Å². The molecular formula is C30H18N2O2. The number of furan rings is 1. The summed E-state index contributed by atoms with van der Waals surface area (Å²) in [6, 6.07) is 32.3. The summed E-state index contributed by atoms with van der Waals surface area (Å²) in [5, 5.41) is 5.32. The van der Waals surface area contributed by atoms with Crippen LogP contribution in [0, 0.1) is 0 Å². The zero-order valence-electron chi connectivity index (χ0n) is 18.1. The molecule has 7 rings (SSSR count). The van der Waals surface area contributed by atoms with E-state index in [-0.39, 0.29) is 0 Å². The van der Waals surface area contributed by atoms with Crippen LogP contribution in [0.3, 0.4) is 0 Å². The zero-order chi connectivity index (χ0) is 22.5. The molecule has 0 unspecified atom stereocenters. The van der Waals surface area contributed by atoms with E-state index in [1.807, 2.05) is 79.0 Å². The Kier molecular flexibility index (Phi) is 4.11. The second-order valence-corrected chi connectivity index (χ2v) is 8.26. The zero-order valence-corrected chi connectivity index (χ0v) is 18.1. The molecule has 4 aromatic carbocycles. The van der Waals surface area contributed by atoms with E-state index in [1.165, 1.54) is 0 Å². The van der Waals surface area contributed by atoms with Gasteiger partial charge in [-0.25, -0.2) is 0 Å². The average Bonchev–Trinajstić information content (AvgIpc) is 3.30. The molecule has 160 valence electrons. The first-order valence-electron chi connectivity index (χ1n) is 11.2. The summed E-state index contributed by atoms with van der Waals surface area (Å²) in [5.74, 6) is 1.38. The van der Waals surface area contributed by atoms with Crippen LogP contribution in [0.25, 0.3) is 54.9 Å². The molecule has 3 heterocycles. The molecule has 4 heteroatoms. The maximum absolute atomic E-state index is 6.49. The predicted octanol–water partition coefficient (Wildman–Crippen LogP) is 8.14. The Morgan fingerprint density at radius 3 is 2.50 bits per heavy atom. The molecule has 0 saturated carbocycles. The fourth-order valence-corrected chi connectivity index (χ4v) is 4.67. The van der Waals surface area contributed by atoms with Gasteiger partial charge in [0, 0.05) is 39.5 Å². The minimum absolute atomic E-state index is 0.662. The van der Waals surface area contributed by atoms with Crippen LogP contribution in [0.4, 0.5) is 0 Å². The topological polar surface area (TPSA) is 48.2 Å². The van der Waals surface area contributed by atoms with Crippen LogP contribution in [0.15, 0.2) is 114 Å². The van der Waals surface area contributed by atoms with Gasteiger partial charge in [-0.1, -0.05) is 54.6 Å². The minimum atomic E-state index is 0.662. The third-order valence-electron chi connectivity index (χ3n) is 6.20. The van der Waals surface area contributed by atoms with E-state index in [4.69, 9.17) is 9.15 Å². The molecule has 0 atom stereocenters. The SMILES string of the molecule is c1ccc(-c2cccc(Oc3cc4c(ccc5cccnc54)c4c3oc3ccccc34)c2)nc1. The first kappa shape index (κ1) is 18.8. The Bertz CT molecular complexity index is 1840. The minimum Gasteiger partial charge on any atom is -0.453 e. The number of pyridine rings is 2. The van der Waals surface area contributed by atoms with Crippen molar-refractivity contribution in [2.75, 3.05) is 0 Å². The summed E-state index contributed by atoms with van der Waals surface area (Å²) < 4.78 is 12.8. The highest BCUT2D eigenvalue weighted by Gasteiger charge is 2.18. The maximum atomic E-state index is 6.49. The van der Waals surface area contributed by atoms with Crippen molar-refractivity contribution in [2.24, 2.45) is 0 Å². The van der Waals surface area contributed by atoms with Gasteiger partial charge in [0.1, 0.15) is 11.3 Å². The van der Waals surface area contributed by atoms with Crippen LogP contribution in [-0.4, -0.2) is 9.97 Å². The van der Waals surface area contributed by atoms with Crippen LogP contribution < -0.4 is 4.74 Å². The third-order valence-corrected chi connectivity index (χ3v) is 6.20. The highest BCUT2D eigenvalue weighted by Crippen LogP contribution is 2.43. The molecule has 0 N–H and O–H groups in total. The average molecular weight is 438 g/mol. The number of ether oxygens (including phenoxy) is 1. The van der Waals surface area contributed by atoms with Gasteiger partial charge in [-0.15, -0.1) is 0 Å². The van der Waals surface area contributed by atoms with Gasteiger partial charge >= 0.3 is 0 Å². The standard InChI is InChI=1S/C30H18N2O2/c1-2-12-26-23(10-1)28-22-14-13-19-8-6-16-32-29(19)24(22)18-27(30(28)34-26)33-21-9-5-7-20(17-21)25-11-3-4-15-31-25/h1-18H. The van der Waals surface area contributed by atoms with E-state index < -0.39 is 0 Å². The lowest BCUT2D eigenvalue weighted by molar-refractivity contribution is 0.477. The molecule has 4 nitrogen and oxygen atoms in total. The molecule has 7 aromatic rings. The van der Waals surface area contributed by atoms with Crippen molar-refractivity contribution in [1.82, 2.24) is 9.97 Å².